The van der Waals surface area contributed by atoms with Crippen molar-refractivity contribution in [3.63, 3.8) is 0 Å². The summed E-state index contributed by atoms with van der Waals surface area (Å²) in [5.41, 5.74) is 11.9. The number of benzene rings is 9. The molecule has 11 rings (SSSR count). The quantitative estimate of drug-likeness (QED) is 0.153. The van der Waals surface area contributed by atoms with E-state index in [1.54, 1.807) is 0 Å². The van der Waals surface area contributed by atoms with E-state index in [9.17, 15) is 8.78 Å². The standard InChI is InChI=1S/C54H36F2N4/c55-37-19-23-41(24-20-37)57(45-31-33-53-49(35-45)47-15-7-9-17-51(47)59(53)39-11-3-1-4-12-39)43-27-29-44(30-28-43)58(42-25-21-38(56)22-26-42)46-32-34-54-50(36-46)48-16-8-10-18-52(48)60(54)40-13-5-2-6-14-40/h1-36H. The van der Waals surface area contributed by atoms with Crippen molar-refractivity contribution in [2.75, 3.05) is 9.80 Å². The van der Waals surface area contributed by atoms with Crippen LogP contribution < -0.4 is 9.80 Å². The van der Waals surface area contributed by atoms with Crippen molar-refractivity contribution in [1.82, 2.24) is 9.13 Å². The molecule has 11 aromatic rings. The molecule has 286 valence electrons. The second kappa shape index (κ2) is 14.5. The average Bonchev–Trinajstić information content (AvgIpc) is 3.81. The zero-order chi connectivity index (χ0) is 40.2. The molecule has 0 saturated heterocycles. The van der Waals surface area contributed by atoms with Crippen LogP contribution in [-0.2, 0) is 0 Å². The third-order valence-electron chi connectivity index (χ3n) is 11.4. The molecule has 0 aliphatic rings. The highest BCUT2D eigenvalue weighted by Gasteiger charge is 2.20. The molecule has 9 aromatic carbocycles. The lowest BCUT2D eigenvalue weighted by Gasteiger charge is -2.28. The lowest BCUT2D eigenvalue weighted by Crippen LogP contribution is -2.12. The number of rotatable bonds is 8. The minimum Gasteiger partial charge on any atom is -0.310 e. The zero-order valence-electron chi connectivity index (χ0n) is 32.3. The van der Waals surface area contributed by atoms with Gasteiger partial charge in [-0.15, -0.1) is 0 Å². The number of fused-ring (bicyclic) bond motifs is 6. The van der Waals surface area contributed by atoms with Crippen LogP contribution >= 0.6 is 0 Å². The maximum Gasteiger partial charge on any atom is 0.123 e. The van der Waals surface area contributed by atoms with Crippen molar-refractivity contribution in [2.24, 2.45) is 0 Å². The Morgan fingerprint density at radius 3 is 0.950 bits per heavy atom. The summed E-state index contributed by atoms with van der Waals surface area (Å²) in [6.45, 7) is 0. The van der Waals surface area contributed by atoms with E-state index in [4.69, 9.17) is 0 Å². The van der Waals surface area contributed by atoms with Gasteiger partial charge < -0.3 is 18.9 Å². The summed E-state index contributed by atoms with van der Waals surface area (Å²) in [5, 5.41) is 4.52. The Kier molecular flexibility index (Phi) is 8.48. The Labute approximate surface area is 345 Å². The Morgan fingerprint density at radius 2 is 0.567 bits per heavy atom. The van der Waals surface area contributed by atoms with Crippen LogP contribution in [0, 0.1) is 11.6 Å². The lowest BCUT2D eigenvalue weighted by molar-refractivity contribution is 0.627. The van der Waals surface area contributed by atoms with Gasteiger partial charge in [0.2, 0.25) is 0 Å². The molecule has 0 aliphatic carbocycles. The van der Waals surface area contributed by atoms with Crippen molar-refractivity contribution in [2.45, 2.75) is 0 Å². The van der Waals surface area contributed by atoms with E-state index >= 15 is 0 Å². The van der Waals surface area contributed by atoms with Gasteiger partial charge in [-0.25, -0.2) is 8.78 Å². The van der Waals surface area contributed by atoms with E-state index in [1.807, 2.05) is 36.4 Å². The van der Waals surface area contributed by atoms with Gasteiger partial charge in [0.25, 0.3) is 0 Å². The van der Waals surface area contributed by atoms with Crippen LogP contribution in [0.1, 0.15) is 0 Å². The first-order valence-electron chi connectivity index (χ1n) is 20.0. The van der Waals surface area contributed by atoms with Gasteiger partial charge in [0, 0.05) is 67.0 Å². The molecular formula is C54H36F2N4. The van der Waals surface area contributed by atoms with Gasteiger partial charge in [-0.2, -0.15) is 0 Å². The van der Waals surface area contributed by atoms with Crippen LogP contribution in [0.5, 0.6) is 0 Å². The van der Waals surface area contributed by atoms with Crippen LogP contribution in [-0.4, -0.2) is 9.13 Å². The fourth-order valence-electron chi connectivity index (χ4n) is 8.74. The van der Waals surface area contributed by atoms with E-state index < -0.39 is 0 Å². The molecule has 6 heteroatoms. The number of para-hydroxylation sites is 4. The molecule has 0 fully saturated rings. The number of aromatic nitrogens is 2. The SMILES string of the molecule is Fc1ccc(N(c2ccc(N(c3ccc(F)cc3)c3ccc4c(c3)c3ccccc3n4-c3ccccc3)cc2)c2ccc3c(c2)c2ccccc2n3-c2ccccc2)cc1. The topological polar surface area (TPSA) is 16.3 Å². The van der Waals surface area contributed by atoms with Crippen molar-refractivity contribution in [3.8, 4) is 11.4 Å². The van der Waals surface area contributed by atoms with Crippen LogP contribution in [0.2, 0.25) is 0 Å². The van der Waals surface area contributed by atoms with Crippen LogP contribution in [0.4, 0.5) is 42.9 Å². The summed E-state index contributed by atoms with van der Waals surface area (Å²) in [7, 11) is 0. The summed E-state index contributed by atoms with van der Waals surface area (Å²) >= 11 is 0. The molecule has 0 bridgehead atoms. The Morgan fingerprint density at radius 1 is 0.267 bits per heavy atom. The van der Waals surface area contributed by atoms with Gasteiger partial charge in [0.15, 0.2) is 0 Å². The average molecular weight is 779 g/mol. The smallest absolute Gasteiger partial charge is 0.123 e. The van der Waals surface area contributed by atoms with E-state index in [0.29, 0.717) is 0 Å². The maximum atomic E-state index is 14.4. The van der Waals surface area contributed by atoms with Gasteiger partial charge >= 0.3 is 0 Å². The first kappa shape index (κ1) is 35.2. The van der Waals surface area contributed by atoms with Gasteiger partial charge in [-0.1, -0.05) is 72.8 Å². The fraction of sp³-hybridized carbons (Fsp3) is 0. The Balaban J connectivity index is 1.05. The van der Waals surface area contributed by atoms with E-state index in [0.717, 1.165) is 89.1 Å². The first-order valence-corrected chi connectivity index (χ1v) is 20.0. The number of nitrogens with zero attached hydrogens (tertiary/aromatic N) is 4. The van der Waals surface area contributed by atoms with E-state index in [1.165, 1.54) is 24.3 Å². The minimum atomic E-state index is -0.297. The zero-order valence-corrected chi connectivity index (χ0v) is 32.3. The number of anilines is 6. The van der Waals surface area contributed by atoms with Gasteiger partial charge in [-0.3, -0.25) is 0 Å². The van der Waals surface area contributed by atoms with Crippen LogP contribution in [0.3, 0.4) is 0 Å². The monoisotopic (exact) mass is 778 g/mol. The molecule has 0 N–H and O–H groups in total. The highest BCUT2D eigenvalue weighted by Crippen LogP contribution is 2.43. The van der Waals surface area contributed by atoms with Gasteiger partial charge in [0.05, 0.1) is 22.1 Å². The lowest BCUT2D eigenvalue weighted by atomic mass is 10.1. The van der Waals surface area contributed by atoms with Crippen molar-refractivity contribution in [3.05, 3.63) is 230 Å². The summed E-state index contributed by atoms with van der Waals surface area (Å²) in [4.78, 5) is 4.31. The largest absolute Gasteiger partial charge is 0.310 e. The molecule has 0 atom stereocenters. The predicted octanol–water partition coefficient (Wildman–Crippen LogP) is 15.1. The summed E-state index contributed by atoms with van der Waals surface area (Å²) in [5.74, 6) is -0.594. The van der Waals surface area contributed by atoms with E-state index in [-0.39, 0.29) is 11.6 Å². The second-order valence-electron chi connectivity index (χ2n) is 14.9. The molecular weight excluding hydrogens is 743 g/mol. The molecule has 4 nitrogen and oxygen atoms in total. The normalized spacial score (nSPS) is 11.5. The summed E-state index contributed by atoms with van der Waals surface area (Å²) in [6.07, 6.45) is 0. The molecule has 0 unspecified atom stereocenters. The molecule has 0 radical (unpaired) electrons. The van der Waals surface area contributed by atoms with Crippen LogP contribution in [0.25, 0.3) is 55.0 Å². The molecule has 0 aliphatic heterocycles. The van der Waals surface area contributed by atoms with Crippen molar-refractivity contribution >= 4 is 77.7 Å². The third kappa shape index (κ3) is 5.96. The molecule has 0 spiro atoms. The highest BCUT2D eigenvalue weighted by atomic mass is 19.1. The van der Waals surface area contributed by atoms with Gasteiger partial charge in [-0.05, 0) is 146 Å². The minimum absolute atomic E-state index is 0.297. The molecule has 2 heterocycles. The second-order valence-corrected chi connectivity index (χ2v) is 14.9. The Hall–Kier alpha value is -7.96. The van der Waals surface area contributed by atoms with Crippen LogP contribution in [0.15, 0.2) is 218 Å². The molecule has 60 heavy (non-hydrogen) atoms. The molecule has 0 saturated carbocycles. The summed E-state index contributed by atoms with van der Waals surface area (Å²) in [6, 6.07) is 72.4. The van der Waals surface area contributed by atoms with Crippen molar-refractivity contribution in [1.29, 1.82) is 0 Å². The number of hydrogen-bond donors (Lipinski definition) is 0. The summed E-state index contributed by atoms with van der Waals surface area (Å²) < 4.78 is 33.4. The molecule has 2 aromatic heterocycles. The molecule has 0 amide bonds. The number of halogens is 2. The fourth-order valence-corrected chi connectivity index (χ4v) is 8.74. The van der Waals surface area contributed by atoms with Crippen molar-refractivity contribution < 1.29 is 8.78 Å². The first-order chi connectivity index (χ1) is 29.6. The highest BCUT2D eigenvalue weighted by molar-refractivity contribution is 6.12. The van der Waals surface area contributed by atoms with Gasteiger partial charge in [0.1, 0.15) is 11.6 Å². The third-order valence-corrected chi connectivity index (χ3v) is 11.4. The van der Waals surface area contributed by atoms with E-state index in [2.05, 4.69) is 177 Å². The Bertz CT molecular complexity index is 3090. The maximum absolute atomic E-state index is 14.4. The predicted molar refractivity (Wildman–Crippen MR) is 244 cm³/mol. The number of hydrogen-bond acceptors (Lipinski definition) is 2.